The van der Waals surface area contributed by atoms with Crippen LogP contribution in [0.25, 0.3) is 0 Å². The third-order valence-corrected chi connectivity index (χ3v) is 8.90. The van der Waals surface area contributed by atoms with Crippen LogP contribution in [0.1, 0.15) is 62.6 Å². The van der Waals surface area contributed by atoms with E-state index in [4.69, 9.17) is 0 Å². The van der Waals surface area contributed by atoms with Gasteiger partial charge < -0.3 is 16.0 Å². The Morgan fingerprint density at radius 3 is 2.85 bits per heavy atom. The molecule has 2 aromatic rings. The lowest BCUT2D eigenvalue weighted by Gasteiger charge is -2.54. The lowest BCUT2D eigenvalue weighted by Crippen LogP contribution is -2.59. The fourth-order valence-electron chi connectivity index (χ4n) is 7.50. The summed E-state index contributed by atoms with van der Waals surface area (Å²) in [6.07, 6.45) is 5.33. The number of hydrogen-bond acceptors (Lipinski definition) is 3. The predicted molar refractivity (Wildman–Crippen MR) is 134 cm³/mol. The number of urea groups is 1. The van der Waals surface area contributed by atoms with Crippen LogP contribution >= 0.6 is 0 Å². The van der Waals surface area contributed by atoms with Crippen LogP contribution in [0.3, 0.4) is 0 Å². The Labute approximate surface area is 197 Å². The average Bonchev–Trinajstić information content (AvgIpc) is 3.15. The number of anilines is 2. The third kappa shape index (κ3) is 3.71. The highest BCUT2D eigenvalue weighted by atomic mass is 16.2. The Morgan fingerprint density at radius 2 is 2.03 bits per heavy atom. The fourth-order valence-corrected chi connectivity index (χ4v) is 7.50. The minimum Gasteiger partial charge on any atom is -0.381 e. The minimum atomic E-state index is -0.153. The monoisotopic (exact) mass is 444 g/mol. The van der Waals surface area contributed by atoms with E-state index in [1.165, 1.54) is 50.0 Å². The first kappa shape index (κ1) is 21.0. The van der Waals surface area contributed by atoms with Gasteiger partial charge in [0.2, 0.25) is 0 Å². The van der Waals surface area contributed by atoms with E-state index < -0.39 is 0 Å². The number of nitrogens with one attached hydrogen (secondary N) is 3. The summed E-state index contributed by atoms with van der Waals surface area (Å²) in [5.41, 5.74) is 4.66. The summed E-state index contributed by atoms with van der Waals surface area (Å²) in [4.78, 5) is 15.5. The maximum Gasteiger partial charge on any atom is 0.319 e. The van der Waals surface area contributed by atoms with E-state index in [1.807, 2.05) is 43.3 Å². The molecule has 0 aromatic heterocycles. The van der Waals surface area contributed by atoms with E-state index in [0.29, 0.717) is 12.0 Å². The molecule has 0 spiro atoms. The Kier molecular flexibility index (Phi) is 5.33. The van der Waals surface area contributed by atoms with E-state index in [2.05, 4.69) is 39.9 Å². The summed E-state index contributed by atoms with van der Waals surface area (Å²) in [5.74, 6) is 3.02. The fraction of sp³-hybridized carbons (Fsp3) is 0.536. The molecule has 8 atom stereocenters. The molecule has 5 heteroatoms. The van der Waals surface area contributed by atoms with Crippen molar-refractivity contribution in [3.8, 4) is 0 Å². The van der Waals surface area contributed by atoms with E-state index in [1.54, 1.807) is 0 Å². The molecule has 2 amide bonds. The van der Waals surface area contributed by atoms with Gasteiger partial charge in [0, 0.05) is 35.9 Å². The van der Waals surface area contributed by atoms with Crippen molar-refractivity contribution < 1.29 is 4.79 Å². The first-order valence-electron chi connectivity index (χ1n) is 12.9. The molecule has 8 unspecified atom stereocenters. The molecular formula is C28H36N4O. The zero-order chi connectivity index (χ0) is 22.5. The van der Waals surface area contributed by atoms with Gasteiger partial charge in [-0.15, -0.1) is 0 Å². The third-order valence-electron chi connectivity index (χ3n) is 8.90. The lowest BCUT2D eigenvalue weighted by molar-refractivity contribution is -0.0383. The first-order valence-corrected chi connectivity index (χ1v) is 12.9. The topological polar surface area (TPSA) is 56.4 Å². The summed E-state index contributed by atoms with van der Waals surface area (Å²) < 4.78 is 0. The minimum absolute atomic E-state index is 0.0381. The lowest BCUT2D eigenvalue weighted by atomic mass is 9.63. The van der Waals surface area contributed by atoms with Crippen molar-refractivity contribution in [1.82, 2.24) is 10.2 Å². The molecule has 1 saturated carbocycles. The van der Waals surface area contributed by atoms with Crippen LogP contribution in [0, 0.1) is 17.8 Å². The number of fused-ring (bicyclic) bond motifs is 4. The molecule has 4 heterocycles. The zero-order valence-electron chi connectivity index (χ0n) is 19.8. The quantitative estimate of drug-likeness (QED) is 0.576. The van der Waals surface area contributed by atoms with E-state index in [-0.39, 0.29) is 12.1 Å². The Hall–Kier alpha value is -2.53. The second kappa shape index (κ2) is 8.35. The summed E-state index contributed by atoms with van der Waals surface area (Å²) >= 11 is 0. The van der Waals surface area contributed by atoms with Gasteiger partial charge in [-0.1, -0.05) is 43.7 Å². The molecular weight excluding hydrogens is 408 g/mol. The van der Waals surface area contributed by atoms with E-state index in [0.717, 1.165) is 35.0 Å². The number of carbonyl (C=O) groups excluding carboxylic acids is 1. The van der Waals surface area contributed by atoms with Crippen molar-refractivity contribution in [2.24, 2.45) is 17.8 Å². The highest BCUT2D eigenvalue weighted by Crippen LogP contribution is 2.53. The van der Waals surface area contributed by atoms with E-state index in [9.17, 15) is 4.79 Å². The van der Waals surface area contributed by atoms with E-state index >= 15 is 0 Å². The number of hydrogen-bond donors (Lipinski definition) is 3. The van der Waals surface area contributed by atoms with Crippen molar-refractivity contribution in [2.45, 2.75) is 63.6 Å². The van der Waals surface area contributed by atoms with Gasteiger partial charge >= 0.3 is 6.03 Å². The maximum absolute atomic E-state index is 12.7. The van der Waals surface area contributed by atoms with Crippen molar-refractivity contribution in [3.63, 3.8) is 0 Å². The van der Waals surface area contributed by atoms with Gasteiger partial charge in [0.15, 0.2) is 0 Å². The van der Waals surface area contributed by atoms with Crippen molar-refractivity contribution in [1.29, 1.82) is 0 Å². The molecule has 4 aliphatic heterocycles. The van der Waals surface area contributed by atoms with Gasteiger partial charge in [0.25, 0.3) is 0 Å². The molecule has 0 radical (unpaired) electrons. The number of piperidine rings is 2. The average molecular weight is 445 g/mol. The molecule has 4 bridgehead atoms. The normalized spacial score (nSPS) is 34.4. The molecule has 174 valence electrons. The highest BCUT2D eigenvalue weighted by molar-refractivity contribution is 5.90. The van der Waals surface area contributed by atoms with Gasteiger partial charge in [-0.25, -0.2) is 4.79 Å². The second-order valence-corrected chi connectivity index (χ2v) is 10.8. The summed E-state index contributed by atoms with van der Waals surface area (Å²) in [6.45, 7) is 6.92. The highest BCUT2D eigenvalue weighted by Gasteiger charge is 2.53. The van der Waals surface area contributed by atoms with Crippen LogP contribution in [-0.4, -0.2) is 36.1 Å². The summed E-state index contributed by atoms with van der Waals surface area (Å²) in [7, 11) is 0. The number of carbonyl (C=O) groups is 1. The Morgan fingerprint density at radius 1 is 1.18 bits per heavy atom. The van der Waals surface area contributed by atoms with Gasteiger partial charge in [-0.2, -0.15) is 0 Å². The largest absolute Gasteiger partial charge is 0.381 e. The Balaban J connectivity index is 1.18. The number of nitrogens with zero attached hydrogens (tertiary/aromatic N) is 1. The molecule has 3 N–H and O–H groups in total. The molecule has 1 aliphatic carbocycles. The maximum atomic E-state index is 12.7. The summed E-state index contributed by atoms with van der Waals surface area (Å²) in [5, 5.41) is 10.1. The standard InChI is InChI=1S/C28H36N4O/c1-3-19-13-18-14-24-26-22(11-12-32(16-18)27(19)24)23-15-21(9-10-25(23)31-26)30-28(33)29-17(2)20-7-5-4-6-8-20/h4-10,15,17-19,22,24,26-27,31H,3,11-14,16H2,1-2H3,(H2,29,30,33). The first-order chi connectivity index (χ1) is 16.1. The number of amides is 2. The van der Waals surface area contributed by atoms with Crippen LogP contribution in [0.15, 0.2) is 48.5 Å². The summed E-state index contributed by atoms with van der Waals surface area (Å²) in [6, 6.07) is 17.6. The van der Waals surface area contributed by atoms with Crippen LogP contribution in [-0.2, 0) is 0 Å². The molecule has 5 aliphatic rings. The van der Waals surface area contributed by atoms with Gasteiger partial charge in [-0.05, 0) is 79.8 Å². The van der Waals surface area contributed by atoms with Crippen LogP contribution in [0.2, 0.25) is 0 Å². The Bertz CT molecular complexity index is 1020. The van der Waals surface area contributed by atoms with Gasteiger partial charge in [0.05, 0.1) is 6.04 Å². The number of benzene rings is 2. The number of rotatable bonds is 4. The smallest absolute Gasteiger partial charge is 0.319 e. The molecule has 3 saturated heterocycles. The predicted octanol–water partition coefficient (Wildman–Crippen LogP) is 5.59. The second-order valence-electron chi connectivity index (χ2n) is 10.8. The van der Waals surface area contributed by atoms with Gasteiger partial charge in [0.1, 0.15) is 0 Å². The van der Waals surface area contributed by atoms with Crippen molar-refractivity contribution >= 4 is 17.4 Å². The molecule has 2 aromatic carbocycles. The van der Waals surface area contributed by atoms with Crippen molar-refractivity contribution in [2.75, 3.05) is 23.7 Å². The molecule has 4 fully saturated rings. The molecule has 5 nitrogen and oxygen atoms in total. The molecule has 7 rings (SSSR count). The van der Waals surface area contributed by atoms with Crippen LogP contribution in [0.5, 0.6) is 0 Å². The van der Waals surface area contributed by atoms with Crippen LogP contribution in [0.4, 0.5) is 16.2 Å². The van der Waals surface area contributed by atoms with Crippen molar-refractivity contribution in [3.05, 3.63) is 59.7 Å². The van der Waals surface area contributed by atoms with Gasteiger partial charge in [-0.3, -0.25) is 4.90 Å². The van der Waals surface area contributed by atoms with Crippen LogP contribution < -0.4 is 16.0 Å². The zero-order valence-corrected chi connectivity index (χ0v) is 19.8. The molecule has 33 heavy (non-hydrogen) atoms. The SMILES string of the molecule is CCC1CC2CC3C4Nc5ccc(NC(=O)NC(C)c6ccccc6)cc5C4CCN(C2)C13.